The Kier molecular flexibility index (Phi) is 7.65. The summed E-state index contributed by atoms with van der Waals surface area (Å²) in [6.45, 7) is 1.70. The molecule has 0 radical (unpaired) electrons. The van der Waals surface area contributed by atoms with Gasteiger partial charge in [0, 0.05) is 47.6 Å². The Morgan fingerprint density at radius 2 is 1.95 bits per heavy atom. The number of piperazine rings is 1. The molecule has 0 spiro atoms. The van der Waals surface area contributed by atoms with E-state index in [0.29, 0.717) is 23.1 Å². The molecule has 0 N–H and O–H groups in total. The summed E-state index contributed by atoms with van der Waals surface area (Å²) < 4.78 is 80.9. The van der Waals surface area contributed by atoms with Crippen molar-refractivity contribution in [2.24, 2.45) is 5.16 Å². The average molecular weight is 603 g/mol. The first-order chi connectivity index (χ1) is 18.9. The van der Waals surface area contributed by atoms with Gasteiger partial charge < -0.3 is 14.6 Å². The highest BCUT2D eigenvalue weighted by Crippen LogP contribution is 2.34. The average Bonchev–Trinajstić information content (AvgIpc) is 3.64. The predicted molar refractivity (Wildman–Crippen MR) is 137 cm³/mol. The van der Waals surface area contributed by atoms with E-state index in [1.165, 1.54) is 35.5 Å². The van der Waals surface area contributed by atoms with Crippen molar-refractivity contribution in [3.63, 3.8) is 0 Å². The van der Waals surface area contributed by atoms with Gasteiger partial charge in [-0.05, 0) is 25.1 Å². The topological polar surface area (TPSA) is 92.9 Å². The molecule has 3 atom stereocenters. The Labute approximate surface area is 231 Å². The number of thiazole rings is 1. The van der Waals surface area contributed by atoms with Gasteiger partial charge in [0.05, 0.1) is 12.1 Å². The quantitative estimate of drug-likeness (QED) is 0.398. The van der Waals surface area contributed by atoms with Gasteiger partial charge in [0.25, 0.3) is 0 Å². The fourth-order valence-corrected chi connectivity index (χ4v) is 6.41. The van der Waals surface area contributed by atoms with Crippen molar-refractivity contribution in [3.05, 3.63) is 63.9 Å². The van der Waals surface area contributed by atoms with E-state index in [1.807, 2.05) is 4.90 Å². The number of hydrogen-bond acceptors (Lipinski definition) is 8. The van der Waals surface area contributed by atoms with Crippen molar-refractivity contribution in [1.82, 2.24) is 19.7 Å². The van der Waals surface area contributed by atoms with Crippen LogP contribution >= 0.6 is 11.3 Å². The minimum absolute atomic E-state index is 0.119. The second-order valence-electron chi connectivity index (χ2n) is 9.30. The SMILES string of the molecule is Cc1cc(C(F)(F)F)nn1CC(=O)N1CCN(c2nc(C3=NOC(c4c(F)cccc4F)C3)cs2)CC1S(C)=O. The van der Waals surface area contributed by atoms with Crippen LogP contribution in [0.5, 0.6) is 0 Å². The van der Waals surface area contributed by atoms with Crippen LogP contribution in [0.1, 0.15) is 35.2 Å². The van der Waals surface area contributed by atoms with Crippen molar-refractivity contribution >= 4 is 38.9 Å². The molecule has 1 fully saturated rings. The lowest BCUT2D eigenvalue weighted by atomic mass is 10.0. The zero-order valence-electron chi connectivity index (χ0n) is 21.2. The summed E-state index contributed by atoms with van der Waals surface area (Å²) in [7, 11) is -1.48. The van der Waals surface area contributed by atoms with Crippen LogP contribution < -0.4 is 4.90 Å². The molecule has 16 heteroatoms. The van der Waals surface area contributed by atoms with Gasteiger partial charge >= 0.3 is 6.18 Å². The van der Waals surface area contributed by atoms with Crippen molar-refractivity contribution < 1.29 is 35.8 Å². The molecule has 2 aliphatic heterocycles. The van der Waals surface area contributed by atoms with E-state index in [-0.39, 0.29) is 30.8 Å². The fraction of sp³-hybridized carbons (Fsp3) is 0.417. The second kappa shape index (κ2) is 10.9. The van der Waals surface area contributed by atoms with Crippen molar-refractivity contribution in [1.29, 1.82) is 0 Å². The van der Waals surface area contributed by atoms with E-state index in [4.69, 9.17) is 4.84 Å². The number of halogens is 5. The first-order valence-electron chi connectivity index (χ1n) is 12.0. The summed E-state index contributed by atoms with van der Waals surface area (Å²) in [6, 6.07) is 4.43. The summed E-state index contributed by atoms with van der Waals surface area (Å²) >= 11 is 1.29. The summed E-state index contributed by atoms with van der Waals surface area (Å²) in [5.74, 6) is -1.95. The third-order valence-corrected chi connectivity index (χ3v) is 8.72. The number of oxime groups is 1. The molecular weight excluding hydrogens is 579 g/mol. The maximum absolute atomic E-state index is 14.2. The van der Waals surface area contributed by atoms with E-state index in [0.717, 1.165) is 22.9 Å². The number of nitrogens with zero attached hydrogens (tertiary/aromatic N) is 6. The van der Waals surface area contributed by atoms with E-state index >= 15 is 0 Å². The molecule has 2 aliphatic rings. The molecule has 5 rings (SSSR count). The van der Waals surface area contributed by atoms with Crippen LogP contribution in [0.25, 0.3) is 0 Å². The number of benzene rings is 1. The van der Waals surface area contributed by atoms with Gasteiger partial charge in [0.2, 0.25) is 5.91 Å². The van der Waals surface area contributed by atoms with E-state index in [1.54, 1.807) is 5.38 Å². The Bertz CT molecular complexity index is 1470. The number of carbonyl (C=O) groups is 1. The fourth-order valence-electron chi connectivity index (χ4n) is 4.57. The molecule has 3 unspecified atom stereocenters. The van der Waals surface area contributed by atoms with Crippen LogP contribution in [0.15, 0.2) is 34.8 Å². The van der Waals surface area contributed by atoms with Crippen molar-refractivity contribution in [2.45, 2.75) is 37.5 Å². The number of rotatable bonds is 6. The number of anilines is 1. The molecule has 40 heavy (non-hydrogen) atoms. The number of carbonyl (C=O) groups excluding carboxylic acids is 1. The maximum Gasteiger partial charge on any atom is 0.435 e. The van der Waals surface area contributed by atoms with Crippen LogP contribution in [0.3, 0.4) is 0 Å². The molecule has 214 valence electrons. The van der Waals surface area contributed by atoms with Crippen molar-refractivity contribution in [3.8, 4) is 0 Å². The number of aromatic nitrogens is 3. The third kappa shape index (κ3) is 5.59. The molecule has 1 amide bonds. The van der Waals surface area contributed by atoms with E-state index < -0.39 is 58.2 Å². The van der Waals surface area contributed by atoms with Gasteiger partial charge in [-0.25, -0.2) is 13.8 Å². The van der Waals surface area contributed by atoms with Crippen LogP contribution in [0.2, 0.25) is 0 Å². The minimum Gasteiger partial charge on any atom is -0.387 e. The summed E-state index contributed by atoms with van der Waals surface area (Å²) in [6.07, 6.45) is -3.98. The van der Waals surface area contributed by atoms with Gasteiger partial charge in [-0.2, -0.15) is 18.3 Å². The van der Waals surface area contributed by atoms with Crippen LogP contribution in [0.4, 0.5) is 27.1 Å². The number of amides is 1. The van der Waals surface area contributed by atoms with Gasteiger partial charge in [-0.15, -0.1) is 11.3 Å². The molecule has 0 saturated carbocycles. The maximum atomic E-state index is 14.2. The molecule has 1 saturated heterocycles. The van der Waals surface area contributed by atoms with Crippen LogP contribution in [0, 0.1) is 18.6 Å². The molecular formula is C24H23F5N6O3S2. The summed E-state index contributed by atoms with van der Waals surface area (Å²) in [4.78, 5) is 26.2. The van der Waals surface area contributed by atoms with Gasteiger partial charge in [-0.3, -0.25) is 13.7 Å². The lowest BCUT2D eigenvalue weighted by Gasteiger charge is -2.40. The molecule has 3 aromatic rings. The molecule has 9 nitrogen and oxygen atoms in total. The Hall–Kier alpha value is -3.40. The monoisotopic (exact) mass is 602 g/mol. The minimum atomic E-state index is -4.63. The second-order valence-corrected chi connectivity index (χ2v) is 11.7. The zero-order chi connectivity index (χ0) is 28.8. The number of hydrogen-bond donors (Lipinski definition) is 0. The number of aryl methyl sites for hydroxylation is 1. The van der Waals surface area contributed by atoms with E-state index in [2.05, 4.69) is 15.2 Å². The Balaban J connectivity index is 1.25. The highest BCUT2D eigenvalue weighted by Gasteiger charge is 2.37. The Morgan fingerprint density at radius 1 is 1.23 bits per heavy atom. The molecule has 1 aromatic carbocycles. The smallest absolute Gasteiger partial charge is 0.387 e. The Morgan fingerprint density at radius 3 is 2.60 bits per heavy atom. The molecule has 2 aromatic heterocycles. The van der Waals surface area contributed by atoms with E-state index in [9.17, 15) is 31.0 Å². The zero-order valence-corrected chi connectivity index (χ0v) is 22.8. The van der Waals surface area contributed by atoms with Gasteiger partial charge in [0.15, 0.2) is 16.9 Å². The first-order valence-corrected chi connectivity index (χ1v) is 14.5. The lowest BCUT2D eigenvalue weighted by molar-refractivity contribution is -0.142. The largest absolute Gasteiger partial charge is 0.435 e. The number of alkyl halides is 3. The standard InChI is InChI=1S/C24H23F5N6O3S2/c1-13-8-19(24(27,28)29)31-35(13)10-20(36)34-7-6-33(11-21(34)40(2)37)23-30-17(12-39-23)16-9-18(38-32-16)22-14(25)4-3-5-15(22)26/h3-5,8,12,18,21H,6-7,9-11H2,1-2H3. The predicted octanol–water partition coefficient (Wildman–Crippen LogP) is 3.86. The van der Waals surface area contributed by atoms with Crippen molar-refractivity contribution in [2.75, 3.05) is 30.8 Å². The normalized spacial score (nSPS) is 20.4. The highest BCUT2D eigenvalue weighted by atomic mass is 32.2. The summed E-state index contributed by atoms with van der Waals surface area (Å²) in [5, 5.41) is 9.05. The molecule has 0 aliphatic carbocycles. The molecule has 4 heterocycles. The first kappa shape index (κ1) is 28.1. The molecule has 0 bridgehead atoms. The third-order valence-electron chi connectivity index (χ3n) is 6.64. The van der Waals surface area contributed by atoms with Crippen LogP contribution in [-0.4, -0.2) is 66.8 Å². The summed E-state index contributed by atoms with van der Waals surface area (Å²) in [5.41, 5.74) is -0.206. The van der Waals surface area contributed by atoms with Gasteiger partial charge in [0.1, 0.15) is 35.0 Å². The van der Waals surface area contributed by atoms with Crippen LogP contribution in [-0.2, 0) is 33.2 Å². The lowest BCUT2D eigenvalue weighted by Crippen LogP contribution is -2.57. The highest BCUT2D eigenvalue weighted by molar-refractivity contribution is 7.84. The van der Waals surface area contributed by atoms with Gasteiger partial charge in [-0.1, -0.05) is 11.2 Å².